The summed E-state index contributed by atoms with van der Waals surface area (Å²) < 4.78 is 36.3. The zero-order valence-electron chi connectivity index (χ0n) is 18.8. The van der Waals surface area contributed by atoms with Gasteiger partial charge in [0.15, 0.2) is 15.2 Å². The van der Waals surface area contributed by atoms with Gasteiger partial charge in [0.1, 0.15) is 24.1 Å². The number of amides is 2. The van der Waals surface area contributed by atoms with Gasteiger partial charge in [0.25, 0.3) is 5.91 Å². The number of hydrogen-bond acceptors (Lipinski definition) is 7. The molecule has 184 valence electrons. The summed E-state index contributed by atoms with van der Waals surface area (Å²) in [5.41, 5.74) is 1.28. The number of fused-ring (bicyclic) bond motifs is 1. The van der Waals surface area contributed by atoms with Crippen LogP contribution in [0.2, 0.25) is 0 Å². The van der Waals surface area contributed by atoms with Gasteiger partial charge in [-0.25, -0.2) is 13.2 Å². The lowest BCUT2D eigenvalue weighted by Crippen LogP contribution is -2.75. The maximum atomic E-state index is 12.9. The molecule has 9 nitrogen and oxygen atoms in total. The molecule has 2 heterocycles. The average Bonchev–Trinajstić information content (AvgIpc) is 2.85. The molecule has 2 aliphatic heterocycles. The predicted molar refractivity (Wildman–Crippen MR) is 127 cm³/mol. The molecule has 2 aliphatic rings. The number of alkyl halides is 1. The van der Waals surface area contributed by atoms with E-state index in [1.165, 1.54) is 7.11 Å². The van der Waals surface area contributed by atoms with Crippen molar-refractivity contribution in [3.05, 3.63) is 77.0 Å². The van der Waals surface area contributed by atoms with Crippen molar-refractivity contribution < 1.29 is 32.3 Å². The molecule has 0 aromatic heterocycles. The van der Waals surface area contributed by atoms with E-state index in [0.29, 0.717) is 16.9 Å². The summed E-state index contributed by atoms with van der Waals surface area (Å²) >= 11 is 5.94. The Labute approximate surface area is 207 Å². The summed E-state index contributed by atoms with van der Waals surface area (Å²) in [5.74, 6) is -2.21. The average molecular weight is 519 g/mol. The molecule has 0 aliphatic carbocycles. The Bertz CT molecular complexity index is 1280. The number of β-lactam (4-membered cyclic amide) rings is 1. The van der Waals surface area contributed by atoms with Gasteiger partial charge in [-0.05, 0) is 28.8 Å². The molecule has 0 unspecified atom stereocenters. The topological polar surface area (TPSA) is 119 Å². The van der Waals surface area contributed by atoms with E-state index in [9.17, 15) is 22.8 Å². The van der Waals surface area contributed by atoms with Gasteiger partial charge >= 0.3 is 5.97 Å². The lowest BCUT2D eigenvalue weighted by atomic mass is 10.0. The number of benzene rings is 2. The molecule has 2 aromatic carbocycles. The second-order valence-corrected chi connectivity index (χ2v) is 10.5. The molecule has 1 N–H and O–H groups in total. The van der Waals surface area contributed by atoms with Crippen molar-refractivity contribution in [2.24, 2.45) is 0 Å². The number of halogens is 1. The Morgan fingerprint density at radius 1 is 1.09 bits per heavy atom. The first-order valence-corrected chi connectivity index (χ1v) is 13.0. The number of ether oxygens (including phenoxy) is 2. The first-order chi connectivity index (χ1) is 16.7. The zero-order valence-corrected chi connectivity index (χ0v) is 20.3. The van der Waals surface area contributed by atoms with Crippen LogP contribution in [-0.2, 0) is 42.0 Å². The van der Waals surface area contributed by atoms with E-state index < -0.39 is 44.8 Å². The van der Waals surface area contributed by atoms with Gasteiger partial charge in [0, 0.05) is 5.88 Å². The standard InChI is InChI=1S/C24H23ClN2O7S/c1-33-18-9-7-16(8-10-18)13-34-24(30)21-17(12-25)14-35(31,32)23-20(22(29)27(21)23)26-19(28)11-15-5-3-2-4-6-15/h2-10,20,23H,11-14H2,1H3,(H,26,28)/t20-,23-/m1/s1. The van der Waals surface area contributed by atoms with Gasteiger partial charge in [-0.3, -0.25) is 14.5 Å². The summed E-state index contributed by atoms with van der Waals surface area (Å²) in [5, 5.41) is 1.10. The van der Waals surface area contributed by atoms with Crippen LogP contribution in [0.3, 0.4) is 0 Å². The van der Waals surface area contributed by atoms with E-state index >= 15 is 0 Å². The molecular weight excluding hydrogens is 496 g/mol. The van der Waals surface area contributed by atoms with Gasteiger partial charge in [-0.2, -0.15) is 0 Å². The van der Waals surface area contributed by atoms with Crippen molar-refractivity contribution in [1.29, 1.82) is 0 Å². The minimum Gasteiger partial charge on any atom is -0.497 e. The fourth-order valence-electron chi connectivity index (χ4n) is 4.06. The molecule has 35 heavy (non-hydrogen) atoms. The van der Waals surface area contributed by atoms with Gasteiger partial charge in [0.05, 0.1) is 19.3 Å². The number of methoxy groups -OCH3 is 1. The van der Waals surface area contributed by atoms with E-state index in [1.807, 2.05) is 0 Å². The molecule has 1 saturated heterocycles. The quantitative estimate of drug-likeness (QED) is 0.320. The van der Waals surface area contributed by atoms with Crippen molar-refractivity contribution >= 4 is 39.2 Å². The third-order valence-electron chi connectivity index (χ3n) is 5.77. The molecule has 0 spiro atoms. The first kappa shape index (κ1) is 24.7. The number of nitrogens with one attached hydrogen (secondary N) is 1. The molecule has 0 radical (unpaired) electrons. The Hall–Kier alpha value is -3.37. The molecule has 4 rings (SSSR count). The largest absolute Gasteiger partial charge is 0.497 e. The zero-order chi connectivity index (χ0) is 25.2. The van der Waals surface area contributed by atoms with Crippen LogP contribution in [0.15, 0.2) is 65.9 Å². The van der Waals surface area contributed by atoms with Crippen LogP contribution in [-0.4, -0.2) is 61.3 Å². The number of nitrogens with zero attached hydrogens (tertiary/aromatic N) is 1. The van der Waals surface area contributed by atoms with E-state index in [2.05, 4.69) is 5.32 Å². The highest BCUT2D eigenvalue weighted by molar-refractivity contribution is 7.92. The lowest BCUT2D eigenvalue weighted by molar-refractivity contribution is -0.153. The van der Waals surface area contributed by atoms with Crippen molar-refractivity contribution in [3.8, 4) is 5.75 Å². The number of rotatable bonds is 8. The fourth-order valence-corrected chi connectivity index (χ4v) is 6.42. The molecule has 1 fully saturated rings. The van der Waals surface area contributed by atoms with Crippen LogP contribution in [0.4, 0.5) is 0 Å². The molecule has 0 saturated carbocycles. The Kier molecular flexibility index (Phi) is 7.13. The summed E-state index contributed by atoms with van der Waals surface area (Å²) in [6, 6.07) is 14.4. The Morgan fingerprint density at radius 3 is 2.40 bits per heavy atom. The number of esters is 1. The SMILES string of the molecule is COc1ccc(COC(=O)C2=C(CCl)CS(=O)(=O)[C@@H]3[C@H](NC(=O)Cc4ccccc4)C(=O)N23)cc1. The van der Waals surface area contributed by atoms with E-state index in [0.717, 1.165) is 4.90 Å². The van der Waals surface area contributed by atoms with Crippen LogP contribution in [0.1, 0.15) is 11.1 Å². The number of carbonyl (C=O) groups excluding carboxylic acids is 3. The maximum Gasteiger partial charge on any atom is 0.355 e. The van der Waals surface area contributed by atoms with E-state index in [-0.39, 0.29) is 30.2 Å². The summed E-state index contributed by atoms with van der Waals surface area (Å²) in [4.78, 5) is 39.2. The minimum absolute atomic E-state index is 0.0169. The van der Waals surface area contributed by atoms with E-state index in [4.69, 9.17) is 21.1 Å². The van der Waals surface area contributed by atoms with Crippen molar-refractivity contribution in [3.63, 3.8) is 0 Å². The summed E-state index contributed by atoms with van der Waals surface area (Å²) in [6.07, 6.45) is -0.0169. The highest BCUT2D eigenvalue weighted by Crippen LogP contribution is 2.37. The van der Waals surface area contributed by atoms with Crippen molar-refractivity contribution in [2.75, 3.05) is 18.7 Å². The second-order valence-electron chi connectivity index (χ2n) is 8.12. The Morgan fingerprint density at radius 2 is 1.77 bits per heavy atom. The fraction of sp³-hybridized carbons (Fsp3) is 0.292. The highest BCUT2D eigenvalue weighted by atomic mass is 35.5. The second kappa shape index (κ2) is 10.1. The monoisotopic (exact) mass is 518 g/mol. The third kappa shape index (κ3) is 5.03. The van der Waals surface area contributed by atoms with Crippen LogP contribution in [0, 0.1) is 0 Å². The van der Waals surface area contributed by atoms with Crippen LogP contribution < -0.4 is 10.1 Å². The highest BCUT2D eigenvalue weighted by Gasteiger charge is 2.60. The van der Waals surface area contributed by atoms with Crippen molar-refractivity contribution in [1.82, 2.24) is 10.2 Å². The molecule has 0 bridgehead atoms. The summed E-state index contributed by atoms with van der Waals surface area (Å²) in [6.45, 7) is -0.0986. The third-order valence-corrected chi connectivity index (χ3v) is 8.06. The van der Waals surface area contributed by atoms with Crippen LogP contribution in [0.5, 0.6) is 5.75 Å². The molecule has 2 atom stereocenters. The molecule has 2 aromatic rings. The number of sulfone groups is 1. The normalized spacial score (nSPS) is 20.5. The first-order valence-electron chi connectivity index (χ1n) is 10.7. The lowest BCUT2D eigenvalue weighted by Gasteiger charge is -2.49. The molecule has 11 heteroatoms. The van der Waals surface area contributed by atoms with E-state index in [1.54, 1.807) is 54.6 Å². The molecule has 2 amide bonds. The maximum absolute atomic E-state index is 12.9. The van der Waals surface area contributed by atoms with Crippen LogP contribution in [0.25, 0.3) is 0 Å². The predicted octanol–water partition coefficient (Wildman–Crippen LogP) is 1.56. The van der Waals surface area contributed by atoms with Crippen molar-refractivity contribution in [2.45, 2.75) is 24.4 Å². The van der Waals surface area contributed by atoms with Gasteiger partial charge in [-0.1, -0.05) is 42.5 Å². The number of carbonyl (C=O) groups is 3. The van der Waals surface area contributed by atoms with Gasteiger partial charge in [0.2, 0.25) is 5.91 Å². The summed E-state index contributed by atoms with van der Waals surface area (Å²) in [7, 11) is -2.37. The minimum atomic E-state index is -3.90. The van der Waals surface area contributed by atoms with Gasteiger partial charge < -0.3 is 14.8 Å². The number of hydrogen-bond donors (Lipinski definition) is 1. The Balaban J connectivity index is 1.50. The van der Waals surface area contributed by atoms with Gasteiger partial charge in [-0.15, -0.1) is 11.6 Å². The van der Waals surface area contributed by atoms with Crippen LogP contribution >= 0.6 is 11.6 Å². The smallest absolute Gasteiger partial charge is 0.355 e. The molecular formula is C24H23ClN2O7S.